The highest BCUT2D eigenvalue weighted by atomic mass is 35.5. The van der Waals surface area contributed by atoms with Gasteiger partial charge in [-0.05, 0) is 18.9 Å². The number of hydrogen-bond donors (Lipinski definition) is 1. The van der Waals surface area contributed by atoms with Crippen LogP contribution < -0.4 is 5.32 Å². The van der Waals surface area contributed by atoms with Crippen LogP contribution in [0.15, 0.2) is 12.1 Å². The molecule has 0 fully saturated rings. The molecule has 0 radical (unpaired) electrons. The number of nitrogens with zero attached hydrogens (tertiary/aromatic N) is 2. The topological polar surface area (TPSA) is 68.1 Å². The molecule has 1 aromatic heterocycles. The van der Waals surface area contributed by atoms with Gasteiger partial charge in [0, 0.05) is 12.1 Å². The zero-order valence-electron chi connectivity index (χ0n) is 10.1. The number of rotatable bonds is 5. The predicted molar refractivity (Wildman–Crippen MR) is 68.4 cm³/mol. The molecule has 1 heterocycles. The van der Waals surface area contributed by atoms with Gasteiger partial charge in [0.15, 0.2) is 0 Å². The lowest BCUT2D eigenvalue weighted by atomic mass is 10.0. The van der Waals surface area contributed by atoms with E-state index in [2.05, 4.69) is 24.1 Å². The Morgan fingerprint density at radius 1 is 1.53 bits per heavy atom. The van der Waals surface area contributed by atoms with Crippen molar-refractivity contribution in [1.82, 2.24) is 4.98 Å². The zero-order valence-corrected chi connectivity index (χ0v) is 10.9. The monoisotopic (exact) mass is 257 g/mol. The van der Waals surface area contributed by atoms with E-state index in [1.807, 2.05) is 6.92 Å². The van der Waals surface area contributed by atoms with E-state index < -0.39 is 4.92 Å². The standard InChI is InChI=1S/C11H16ClN3O2/c1-4-7(2)8(3)13-11-9(15(16)17)5-6-10(12)14-11/h5-8H,4H2,1-3H3,(H,13,14). The fraction of sp³-hybridized carbons (Fsp3) is 0.545. The second-order valence-corrected chi connectivity index (χ2v) is 4.46. The SMILES string of the molecule is CCC(C)C(C)Nc1nc(Cl)ccc1[N+](=O)[O-]. The summed E-state index contributed by atoms with van der Waals surface area (Å²) in [4.78, 5) is 14.3. The summed E-state index contributed by atoms with van der Waals surface area (Å²) < 4.78 is 0. The number of halogens is 1. The largest absolute Gasteiger partial charge is 0.362 e. The molecule has 0 saturated carbocycles. The Bertz CT molecular complexity index is 412. The Kier molecular flexibility index (Phi) is 4.69. The van der Waals surface area contributed by atoms with Crippen LogP contribution in [0.3, 0.4) is 0 Å². The van der Waals surface area contributed by atoms with Gasteiger partial charge in [-0.15, -0.1) is 0 Å². The molecule has 2 unspecified atom stereocenters. The first-order chi connectivity index (χ1) is 7.95. The Labute approximate surface area is 105 Å². The van der Waals surface area contributed by atoms with Crippen LogP contribution in [0.25, 0.3) is 0 Å². The van der Waals surface area contributed by atoms with E-state index in [4.69, 9.17) is 11.6 Å². The number of hydrogen-bond acceptors (Lipinski definition) is 4. The summed E-state index contributed by atoms with van der Waals surface area (Å²) in [6, 6.07) is 2.88. The molecular formula is C11H16ClN3O2. The van der Waals surface area contributed by atoms with Crippen LogP contribution in [-0.4, -0.2) is 15.9 Å². The van der Waals surface area contributed by atoms with E-state index in [0.29, 0.717) is 5.92 Å². The molecule has 5 nitrogen and oxygen atoms in total. The summed E-state index contributed by atoms with van der Waals surface area (Å²) in [5.41, 5.74) is -0.0513. The third-order valence-corrected chi connectivity index (χ3v) is 3.11. The molecule has 0 saturated heterocycles. The van der Waals surface area contributed by atoms with E-state index in [1.165, 1.54) is 12.1 Å². The van der Waals surface area contributed by atoms with Gasteiger partial charge >= 0.3 is 5.69 Å². The fourth-order valence-corrected chi connectivity index (χ4v) is 1.54. The lowest BCUT2D eigenvalue weighted by molar-refractivity contribution is -0.384. The highest BCUT2D eigenvalue weighted by Gasteiger charge is 2.19. The molecule has 17 heavy (non-hydrogen) atoms. The van der Waals surface area contributed by atoms with Crippen LogP contribution in [0.5, 0.6) is 0 Å². The van der Waals surface area contributed by atoms with Crippen molar-refractivity contribution >= 4 is 23.1 Å². The van der Waals surface area contributed by atoms with Gasteiger partial charge in [-0.25, -0.2) is 4.98 Å². The van der Waals surface area contributed by atoms with Crippen molar-refractivity contribution in [2.75, 3.05) is 5.32 Å². The zero-order chi connectivity index (χ0) is 13.0. The lowest BCUT2D eigenvalue weighted by Gasteiger charge is -2.20. The number of anilines is 1. The van der Waals surface area contributed by atoms with Gasteiger partial charge < -0.3 is 5.32 Å². The van der Waals surface area contributed by atoms with Gasteiger partial charge in [0.25, 0.3) is 0 Å². The summed E-state index contributed by atoms with van der Waals surface area (Å²) >= 11 is 5.74. The summed E-state index contributed by atoms with van der Waals surface area (Å²) in [6.07, 6.45) is 0.989. The third kappa shape index (κ3) is 3.56. The van der Waals surface area contributed by atoms with Crippen molar-refractivity contribution in [1.29, 1.82) is 0 Å². The molecule has 0 aliphatic rings. The Balaban J connectivity index is 2.96. The smallest absolute Gasteiger partial charge is 0.311 e. The van der Waals surface area contributed by atoms with Gasteiger partial charge in [0.05, 0.1) is 4.92 Å². The van der Waals surface area contributed by atoms with Gasteiger partial charge in [-0.3, -0.25) is 10.1 Å². The maximum atomic E-state index is 10.8. The normalized spacial score (nSPS) is 14.1. The second-order valence-electron chi connectivity index (χ2n) is 4.08. The van der Waals surface area contributed by atoms with E-state index >= 15 is 0 Å². The Morgan fingerprint density at radius 2 is 2.18 bits per heavy atom. The van der Waals surface area contributed by atoms with Crippen LogP contribution in [0.4, 0.5) is 11.5 Å². The first-order valence-corrected chi connectivity index (χ1v) is 5.91. The molecule has 6 heteroatoms. The molecule has 2 atom stereocenters. The molecule has 0 aliphatic carbocycles. The molecule has 1 rings (SSSR count). The van der Waals surface area contributed by atoms with Crippen LogP contribution in [0, 0.1) is 16.0 Å². The average Bonchev–Trinajstić information content (AvgIpc) is 2.27. The molecule has 0 bridgehead atoms. The van der Waals surface area contributed by atoms with Gasteiger partial charge in [0.1, 0.15) is 5.15 Å². The van der Waals surface area contributed by atoms with Crippen LogP contribution >= 0.6 is 11.6 Å². The molecule has 94 valence electrons. The van der Waals surface area contributed by atoms with Crippen molar-refractivity contribution in [2.45, 2.75) is 33.2 Å². The van der Waals surface area contributed by atoms with Crippen molar-refractivity contribution < 1.29 is 4.92 Å². The summed E-state index contributed by atoms with van der Waals surface area (Å²) in [5.74, 6) is 0.630. The Hall–Kier alpha value is -1.36. The molecule has 0 amide bonds. The molecule has 1 N–H and O–H groups in total. The highest BCUT2D eigenvalue weighted by molar-refractivity contribution is 6.29. The quantitative estimate of drug-likeness (QED) is 0.498. The maximum absolute atomic E-state index is 10.8. The van der Waals surface area contributed by atoms with E-state index in [-0.39, 0.29) is 22.7 Å². The van der Waals surface area contributed by atoms with Crippen molar-refractivity contribution in [3.63, 3.8) is 0 Å². The minimum absolute atomic E-state index is 0.0513. The minimum atomic E-state index is -0.463. The molecular weight excluding hydrogens is 242 g/mol. The number of nitro groups is 1. The minimum Gasteiger partial charge on any atom is -0.362 e. The third-order valence-electron chi connectivity index (χ3n) is 2.90. The molecule has 0 aliphatic heterocycles. The van der Waals surface area contributed by atoms with Crippen LogP contribution in [-0.2, 0) is 0 Å². The highest BCUT2D eigenvalue weighted by Crippen LogP contribution is 2.25. The van der Waals surface area contributed by atoms with E-state index in [0.717, 1.165) is 6.42 Å². The van der Waals surface area contributed by atoms with Crippen molar-refractivity contribution in [3.8, 4) is 0 Å². The molecule has 0 spiro atoms. The first-order valence-electron chi connectivity index (χ1n) is 5.53. The summed E-state index contributed by atoms with van der Waals surface area (Å²) in [6.45, 7) is 6.12. The van der Waals surface area contributed by atoms with Gasteiger partial charge in [-0.1, -0.05) is 31.9 Å². The van der Waals surface area contributed by atoms with Crippen LogP contribution in [0.1, 0.15) is 27.2 Å². The van der Waals surface area contributed by atoms with E-state index in [1.54, 1.807) is 0 Å². The first kappa shape index (κ1) is 13.7. The van der Waals surface area contributed by atoms with Crippen molar-refractivity contribution in [3.05, 3.63) is 27.4 Å². The second kappa shape index (κ2) is 5.82. The van der Waals surface area contributed by atoms with Gasteiger partial charge in [-0.2, -0.15) is 0 Å². The molecule has 0 aromatic carbocycles. The summed E-state index contributed by atoms with van der Waals surface area (Å²) in [7, 11) is 0. The average molecular weight is 258 g/mol. The van der Waals surface area contributed by atoms with E-state index in [9.17, 15) is 10.1 Å². The van der Waals surface area contributed by atoms with Gasteiger partial charge in [0.2, 0.25) is 5.82 Å². The van der Waals surface area contributed by atoms with Crippen molar-refractivity contribution in [2.24, 2.45) is 5.92 Å². The maximum Gasteiger partial charge on any atom is 0.311 e. The Morgan fingerprint density at radius 3 is 2.71 bits per heavy atom. The summed E-state index contributed by atoms with van der Waals surface area (Å²) in [5, 5.41) is 14.1. The number of pyridine rings is 1. The molecule has 1 aromatic rings. The fourth-order valence-electron chi connectivity index (χ4n) is 1.39. The lowest BCUT2D eigenvalue weighted by Crippen LogP contribution is -2.24. The predicted octanol–water partition coefficient (Wildman–Crippen LogP) is 3.49. The number of nitrogens with one attached hydrogen (secondary N) is 1. The van der Waals surface area contributed by atoms with Crippen LogP contribution in [0.2, 0.25) is 5.15 Å². The number of aromatic nitrogens is 1.